The van der Waals surface area contributed by atoms with Crippen molar-refractivity contribution in [3.8, 4) is 5.75 Å². The average Bonchev–Trinajstić information content (AvgIpc) is 3.02. The van der Waals surface area contributed by atoms with Crippen LogP contribution < -0.4 is 10.1 Å². The van der Waals surface area contributed by atoms with Crippen molar-refractivity contribution >= 4 is 28.9 Å². The van der Waals surface area contributed by atoms with E-state index in [1.165, 1.54) is 4.90 Å². The van der Waals surface area contributed by atoms with Crippen LogP contribution >= 0.6 is 0 Å². The smallest absolute Gasteiger partial charge is 0.414 e. The first-order chi connectivity index (χ1) is 13.0. The highest BCUT2D eigenvalue weighted by Crippen LogP contribution is 2.38. The van der Waals surface area contributed by atoms with Gasteiger partial charge in [-0.3, -0.25) is 15.0 Å². The van der Waals surface area contributed by atoms with Crippen molar-refractivity contribution in [2.24, 2.45) is 4.99 Å². The van der Waals surface area contributed by atoms with Crippen molar-refractivity contribution < 1.29 is 23.5 Å². The molecule has 0 spiro atoms. The summed E-state index contributed by atoms with van der Waals surface area (Å²) in [6.07, 6.45) is -0.577. The average molecular weight is 387 g/mol. The largest absolute Gasteiger partial charge is 0.493 e. The summed E-state index contributed by atoms with van der Waals surface area (Å²) >= 11 is 0. The van der Waals surface area contributed by atoms with E-state index in [1.54, 1.807) is 47.9 Å². The van der Waals surface area contributed by atoms with Gasteiger partial charge >= 0.3 is 6.09 Å². The molecule has 8 nitrogen and oxygen atoms in total. The minimum absolute atomic E-state index is 0.102. The molecule has 0 saturated carbocycles. The number of hydrogen-bond donors (Lipinski definition) is 1. The van der Waals surface area contributed by atoms with Gasteiger partial charge in [0.2, 0.25) is 11.9 Å². The number of rotatable bonds is 2. The Hall–Kier alpha value is -3.03. The van der Waals surface area contributed by atoms with E-state index in [2.05, 4.69) is 10.3 Å². The summed E-state index contributed by atoms with van der Waals surface area (Å²) in [4.78, 5) is 30.7. The molecule has 1 aliphatic rings. The molecule has 1 atom stereocenters. The number of para-hydroxylation sites is 1. The molecular weight excluding hydrogens is 362 g/mol. The van der Waals surface area contributed by atoms with Crippen molar-refractivity contribution in [1.29, 1.82) is 0 Å². The molecule has 1 N–H and O–H groups in total. The summed E-state index contributed by atoms with van der Waals surface area (Å²) in [5.74, 6) is 1.02. The number of benzene rings is 1. The maximum absolute atomic E-state index is 12.6. The van der Waals surface area contributed by atoms with Crippen LogP contribution in [-0.4, -0.2) is 42.6 Å². The molecule has 0 radical (unpaired) electrons. The zero-order valence-electron chi connectivity index (χ0n) is 17.0. The monoisotopic (exact) mass is 387 g/mol. The van der Waals surface area contributed by atoms with Gasteiger partial charge in [0.15, 0.2) is 11.3 Å². The number of nitrogens with one attached hydrogen (secondary N) is 1. The van der Waals surface area contributed by atoms with Gasteiger partial charge in [0.05, 0.1) is 13.5 Å². The quantitative estimate of drug-likeness (QED) is 0.852. The standard InChI is InChI=1S/C20H25N3O5/c1-19(2,3)28-18(25)21-17-22-20(4,11-15(24)23(17)5)14-10-12-8-7-9-13(26-6)16(12)27-14/h7-10H,11H2,1-6H3,(H,21,22,25). The molecule has 1 aromatic carbocycles. The first-order valence-corrected chi connectivity index (χ1v) is 8.96. The normalized spacial score (nSPS) is 20.1. The fourth-order valence-electron chi connectivity index (χ4n) is 2.99. The lowest BCUT2D eigenvalue weighted by molar-refractivity contribution is -0.128. The van der Waals surface area contributed by atoms with Gasteiger partial charge in [-0.25, -0.2) is 9.79 Å². The Morgan fingerprint density at radius 2 is 2.07 bits per heavy atom. The fourth-order valence-corrected chi connectivity index (χ4v) is 2.99. The van der Waals surface area contributed by atoms with Gasteiger partial charge in [-0.15, -0.1) is 0 Å². The SMILES string of the molecule is COc1cccc2cc(C3(C)CC(=O)N(C)C(NC(=O)OC(C)(C)C)=N3)oc12. The minimum atomic E-state index is -0.974. The molecular formula is C20H25N3O5. The van der Waals surface area contributed by atoms with Crippen LogP contribution in [0.25, 0.3) is 11.0 Å². The van der Waals surface area contributed by atoms with Crippen LogP contribution in [0.15, 0.2) is 33.7 Å². The maximum Gasteiger partial charge on any atom is 0.414 e. The molecule has 0 bridgehead atoms. The molecule has 2 heterocycles. The topological polar surface area (TPSA) is 93.4 Å². The number of ether oxygens (including phenoxy) is 2. The zero-order chi connectivity index (χ0) is 20.7. The Morgan fingerprint density at radius 1 is 1.36 bits per heavy atom. The highest BCUT2D eigenvalue weighted by atomic mass is 16.6. The first-order valence-electron chi connectivity index (χ1n) is 8.96. The molecule has 8 heteroatoms. The van der Waals surface area contributed by atoms with E-state index in [1.807, 2.05) is 18.2 Å². The van der Waals surface area contributed by atoms with Crippen LogP contribution in [0.1, 0.15) is 39.9 Å². The number of aliphatic imine (C=N–C) groups is 1. The van der Waals surface area contributed by atoms with Crippen molar-refractivity contribution in [2.45, 2.75) is 45.3 Å². The fraction of sp³-hybridized carbons (Fsp3) is 0.450. The molecule has 0 fully saturated rings. The van der Waals surface area contributed by atoms with Gasteiger partial charge in [-0.2, -0.15) is 0 Å². The highest BCUT2D eigenvalue weighted by molar-refractivity contribution is 6.05. The number of carbonyl (C=O) groups excluding carboxylic acids is 2. The van der Waals surface area contributed by atoms with Gasteiger partial charge in [-0.1, -0.05) is 12.1 Å². The molecule has 1 aliphatic heterocycles. The summed E-state index contributed by atoms with van der Waals surface area (Å²) in [6, 6.07) is 7.40. The second-order valence-electron chi connectivity index (χ2n) is 7.95. The van der Waals surface area contributed by atoms with E-state index in [0.29, 0.717) is 17.1 Å². The van der Waals surface area contributed by atoms with Crippen molar-refractivity contribution in [3.63, 3.8) is 0 Å². The van der Waals surface area contributed by atoms with Crippen LogP contribution in [0, 0.1) is 0 Å². The van der Waals surface area contributed by atoms with Gasteiger partial charge in [0.25, 0.3) is 0 Å². The molecule has 2 aromatic rings. The summed E-state index contributed by atoms with van der Waals surface area (Å²) in [5.41, 5.74) is -1.05. The second kappa shape index (κ2) is 6.85. The van der Waals surface area contributed by atoms with Crippen molar-refractivity contribution in [3.05, 3.63) is 30.0 Å². The predicted molar refractivity (Wildman–Crippen MR) is 104 cm³/mol. The van der Waals surface area contributed by atoms with Crippen molar-refractivity contribution in [1.82, 2.24) is 10.2 Å². The molecule has 1 unspecified atom stereocenters. The second-order valence-corrected chi connectivity index (χ2v) is 7.95. The Kier molecular flexibility index (Phi) is 4.82. The van der Waals surface area contributed by atoms with E-state index in [9.17, 15) is 9.59 Å². The number of methoxy groups -OCH3 is 1. The van der Waals surface area contributed by atoms with Gasteiger partial charge in [0.1, 0.15) is 16.9 Å². The first kappa shape index (κ1) is 19.7. The maximum atomic E-state index is 12.6. The lowest BCUT2D eigenvalue weighted by Gasteiger charge is -2.33. The van der Waals surface area contributed by atoms with Crippen LogP contribution in [-0.2, 0) is 15.1 Å². The van der Waals surface area contributed by atoms with Gasteiger partial charge in [-0.05, 0) is 39.8 Å². The third-order valence-electron chi connectivity index (χ3n) is 4.41. The highest BCUT2D eigenvalue weighted by Gasteiger charge is 2.40. The number of carbonyl (C=O) groups is 2. The van der Waals surface area contributed by atoms with E-state index in [-0.39, 0.29) is 18.3 Å². The van der Waals surface area contributed by atoms with Gasteiger partial charge in [0, 0.05) is 12.4 Å². The lowest BCUT2D eigenvalue weighted by Crippen LogP contribution is -2.52. The summed E-state index contributed by atoms with van der Waals surface area (Å²) in [6.45, 7) is 7.07. The number of nitrogens with zero attached hydrogens (tertiary/aromatic N) is 2. The third-order valence-corrected chi connectivity index (χ3v) is 4.41. The Bertz CT molecular complexity index is 956. The molecule has 28 heavy (non-hydrogen) atoms. The summed E-state index contributed by atoms with van der Waals surface area (Å²) in [5, 5.41) is 3.41. The minimum Gasteiger partial charge on any atom is -0.493 e. The van der Waals surface area contributed by atoms with E-state index < -0.39 is 17.2 Å². The predicted octanol–water partition coefficient (Wildman–Crippen LogP) is 3.40. The molecule has 1 aromatic heterocycles. The third kappa shape index (κ3) is 3.81. The van der Waals surface area contributed by atoms with Crippen LogP contribution in [0.3, 0.4) is 0 Å². The number of furan rings is 1. The zero-order valence-corrected chi connectivity index (χ0v) is 17.0. The van der Waals surface area contributed by atoms with E-state index >= 15 is 0 Å². The van der Waals surface area contributed by atoms with E-state index in [0.717, 1.165) is 5.39 Å². The Balaban J connectivity index is 1.98. The number of hydrogen-bond acceptors (Lipinski definition) is 6. The summed E-state index contributed by atoms with van der Waals surface area (Å²) < 4.78 is 16.6. The number of guanidine groups is 1. The Labute approximate surface area is 163 Å². The van der Waals surface area contributed by atoms with E-state index in [4.69, 9.17) is 13.9 Å². The molecule has 150 valence electrons. The lowest BCUT2D eigenvalue weighted by atomic mass is 9.93. The van der Waals surface area contributed by atoms with Crippen LogP contribution in [0.5, 0.6) is 5.75 Å². The Morgan fingerprint density at radius 3 is 2.71 bits per heavy atom. The molecule has 0 aliphatic carbocycles. The number of alkyl carbamates (subject to hydrolysis) is 1. The molecule has 2 amide bonds. The number of fused-ring (bicyclic) bond motifs is 1. The molecule has 3 rings (SSSR count). The van der Waals surface area contributed by atoms with Crippen LogP contribution in [0.4, 0.5) is 4.79 Å². The van der Waals surface area contributed by atoms with Gasteiger partial charge < -0.3 is 13.9 Å². The summed E-state index contributed by atoms with van der Waals surface area (Å²) in [7, 11) is 3.12. The molecule has 0 saturated heterocycles. The van der Waals surface area contributed by atoms with Crippen LogP contribution in [0.2, 0.25) is 0 Å². The number of amides is 2. The van der Waals surface area contributed by atoms with Crippen molar-refractivity contribution in [2.75, 3.05) is 14.2 Å².